The molecule has 0 radical (unpaired) electrons. The molecule has 19 heavy (non-hydrogen) atoms. The predicted molar refractivity (Wildman–Crippen MR) is 80.4 cm³/mol. The minimum atomic E-state index is -0.0237. The topological polar surface area (TPSA) is 41.5 Å². The van der Waals surface area contributed by atoms with Crippen LogP contribution < -0.4 is 5.43 Å². The number of hydrazone groups is 1. The van der Waals surface area contributed by atoms with E-state index in [1.807, 2.05) is 12.1 Å². The predicted octanol–water partition coefficient (Wildman–Crippen LogP) is 3.62. The third-order valence-electron chi connectivity index (χ3n) is 2.94. The first-order chi connectivity index (χ1) is 8.93. The Morgan fingerprint density at radius 3 is 2.42 bits per heavy atom. The Labute approximate surface area is 116 Å². The van der Waals surface area contributed by atoms with Gasteiger partial charge in [-0.2, -0.15) is 5.10 Å². The first-order valence-corrected chi connectivity index (χ1v) is 6.86. The Morgan fingerprint density at radius 2 is 1.89 bits per heavy atom. The molecule has 0 heterocycles. The molecule has 0 saturated carbocycles. The van der Waals surface area contributed by atoms with E-state index in [0.29, 0.717) is 6.42 Å². The van der Waals surface area contributed by atoms with Crippen LogP contribution in [-0.4, -0.2) is 12.1 Å². The van der Waals surface area contributed by atoms with Crippen LogP contribution in [0.3, 0.4) is 0 Å². The number of benzene rings is 1. The van der Waals surface area contributed by atoms with Crippen molar-refractivity contribution in [3.8, 4) is 0 Å². The zero-order valence-corrected chi connectivity index (χ0v) is 12.4. The van der Waals surface area contributed by atoms with Crippen LogP contribution in [-0.2, 0) is 10.2 Å². The number of amides is 1. The molecule has 3 heteroatoms. The normalized spacial score (nSPS) is 11.8. The molecule has 1 amide bonds. The Morgan fingerprint density at radius 1 is 1.26 bits per heavy atom. The van der Waals surface area contributed by atoms with E-state index in [-0.39, 0.29) is 11.3 Å². The van der Waals surface area contributed by atoms with Crippen molar-refractivity contribution in [3.63, 3.8) is 0 Å². The van der Waals surface area contributed by atoms with Gasteiger partial charge in [0.1, 0.15) is 0 Å². The molecule has 1 aromatic carbocycles. The second-order valence-electron chi connectivity index (χ2n) is 5.77. The van der Waals surface area contributed by atoms with E-state index in [0.717, 1.165) is 18.4 Å². The highest BCUT2D eigenvalue weighted by atomic mass is 16.2. The summed E-state index contributed by atoms with van der Waals surface area (Å²) in [7, 11) is 0. The van der Waals surface area contributed by atoms with Crippen LogP contribution in [0.15, 0.2) is 29.4 Å². The smallest absolute Gasteiger partial charge is 0.240 e. The Hall–Kier alpha value is -1.64. The van der Waals surface area contributed by atoms with Gasteiger partial charge in [0, 0.05) is 6.42 Å². The minimum absolute atomic E-state index is 0.0237. The Bertz CT molecular complexity index is 427. The molecular formula is C16H24N2O. The monoisotopic (exact) mass is 260 g/mol. The quantitative estimate of drug-likeness (QED) is 0.637. The lowest BCUT2D eigenvalue weighted by molar-refractivity contribution is -0.121. The molecule has 0 aliphatic carbocycles. The molecule has 1 rings (SSSR count). The summed E-state index contributed by atoms with van der Waals surface area (Å²) in [6.45, 7) is 8.62. The van der Waals surface area contributed by atoms with E-state index in [1.54, 1.807) is 6.21 Å². The molecule has 1 N–H and O–H groups in total. The van der Waals surface area contributed by atoms with Crippen molar-refractivity contribution >= 4 is 12.1 Å². The van der Waals surface area contributed by atoms with Crippen LogP contribution >= 0.6 is 0 Å². The second-order valence-corrected chi connectivity index (χ2v) is 5.77. The summed E-state index contributed by atoms with van der Waals surface area (Å²) in [6, 6.07) is 8.23. The molecule has 0 bridgehead atoms. The zero-order valence-electron chi connectivity index (χ0n) is 12.4. The van der Waals surface area contributed by atoms with Crippen LogP contribution in [0.5, 0.6) is 0 Å². The highest BCUT2D eigenvalue weighted by Crippen LogP contribution is 2.21. The molecule has 0 fully saturated rings. The standard InChI is InChI=1S/C16H24N2O/c1-5-6-7-15(19)18-17-12-13-8-10-14(11-9-13)16(2,3)4/h8-12H,5-7H2,1-4H3,(H,18,19)/b17-12+. The van der Waals surface area contributed by atoms with Crippen molar-refractivity contribution in [2.75, 3.05) is 0 Å². The maximum Gasteiger partial charge on any atom is 0.240 e. The van der Waals surface area contributed by atoms with E-state index in [4.69, 9.17) is 0 Å². The summed E-state index contributed by atoms with van der Waals surface area (Å²) in [5.74, 6) is -0.0237. The van der Waals surface area contributed by atoms with Gasteiger partial charge in [-0.1, -0.05) is 58.4 Å². The molecule has 3 nitrogen and oxygen atoms in total. The van der Waals surface area contributed by atoms with Crippen LogP contribution in [0.1, 0.15) is 58.1 Å². The summed E-state index contributed by atoms with van der Waals surface area (Å²) in [5, 5.41) is 3.96. The Kier molecular flexibility index (Phi) is 5.74. The third kappa shape index (κ3) is 5.69. The van der Waals surface area contributed by atoms with Crippen molar-refractivity contribution in [1.82, 2.24) is 5.43 Å². The van der Waals surface area contributed by atoms with E-state index in [1.165, 1.54) is 5.56 Å². The molecule has 0 aliphatic rings. The fraction of sp³-hybridized carbons (Fsp3) is 0.500. The first kappa shape index (κ1) is 15.4. The molecule has 0 atom stereocenters. The summed E-state index contributed by atoms with van der Waals surface area (Å²) in [5.41, 5.74) is 4.98. The summed E-state index contributed by atoms with van der Waals surface area (Å²) >= 11 is 0. The largest absolute Gasteiger partial charge is 0.273 e. The summed E-state index contributed by atoms with van der Waals surface area (Å²) in [6.07, 6.45) is 4.14. The number of hydrogen-bond acceptors (Lipinski definition) is 2. The summed E-state index contributed by atoms with van der Waals surface area (Å²) in [4.78, 5) is 11.4. The average molecular weight is 260 g/mol. The lowest BCUT2D eigenvalue weighted by Gasteiger charge is -2.18. The van der Waals surface area contributed by atoms with Gasteiger partial charge in [-0.15, -0.1) is 0 Å². The first-order valence-electron chi connectivity index (χ1n) is 6.86. The van der Waals surface area contributed by atoms with Gasteiger partial charge in [-0.05, 0) is 23.0 Å². The molecule has 0 aliphatic heterocycles. The van der Waals surface area contributed by atoms with E-state index in [9.17, 15) is 4.79 Å². The van der Waals surface area contributed by atoms with Gasteiger partial charge in [0.25, 0.3) is 0 Å². The van der Waals surface area contributed by atoms with Crippen LogP contribution in [0.4, 0.5) is 0 Å². The molecular weight excluding hydrogens is 236 g/mol. The van der Waals surface area contributed by atoms with Crippen LogP contribution in [0.2, 0.25) is 0 Å². The Balaban J connectivity index is 2.51. The molecule has 0 aromatic heterocycles. The van der Waals surface area contributed by atoms with Crippen molar-refractivity contribution in [3.05, 3.63) is 35.4 Å². The van der Waals surface area contributed by atoms with Gasteiger partial charge in [0.2, 0.25) is 5.91 Å². The molecule has 104 valence electrons. The van der Waals surface area contributed by atoms with Gasteiger partial charge < -0.3 is 0 Å². The van der Waals surface area contributed by atoms with Crippen molar-refractivity contribution in [1.29, 1.82) is 0 Å². The molecule has 1 aromatic rings. The van der Waals surface area contributed by atoms with Gasteiger partial charge in [0.05, 0.1) is 6.21 Å². The van der Waals surface area contributed by atoms with Gasteiger partial charge in [-0.25, -0.2) is 5.43 Å². The summed E-state index contributed by atoms with van der Waals surface area (Å²) < 4.78 is 0. The number of unbranched alkanes of at least 4 members (excludes halogenated alkanes) is 1. The highest BCUT2D eigenvalue weighted by molar-refractivity contribution is 5.82. The van der Waals surface area contributed by atoms with E-state index >= 15 is 0 Å². The molecule has 0 unspecified atom stereocenters. The van der Waals surface area contributed by atoms with Crippen molar-refractivity contribution in [2.45, 2.75) is 52.4 Å². The number of nitrogens with zero attached hydrogens (tertiary/aromatic N) is 1. The fourth-order valence-electron chi connectivity index (χ4n) is 1.64. The highest BCUT2D eigenvalue weighted by Gasteiger charge is 2.12. The number of carbonyl (C=O) groups excluding carboxylic acids is 1. The van der Waals surface area contributed by atoms with Crippen LogP contribution in [0.25, 0.3) is 0 Å². The van der Waals surface area contributed by atoms with Gasteiger partial charge in [-0.3, -0.25) is 4.79 Å². The minimum Gasteiger partial charge on any atom is -0.273 e. The third-order valence-corrected chi connectivity index (χ3v) is 2.94. The van der Waals surface area contributed by atoms with Gasteiger partial charge in [0.15, 0.2) is 0 Å². The number of carbonyl (C=O) groups is 1. The maximum atomic E-state index is 11.4. The maximum absolute atomic E-state index is 11.4. The molecule has 0 spiro atoms. The number of rotatable bonds is 5. The van der Waals surface area contributed by atoms with Gasteiger partial charge >= 0.3 is 0 Å². The van der Waals surface area contributed by atoms with E-state index < -0.39 is 0 Å². The fourth-order valence-corrected chi connectivity index (χ4v) is 1.64. The SMILES string of the molecule is CCCCC(=O)N/N=C/c1ccc(C(C)(C)C)cc1. The lowest BCUT2D eigenvalue weighted by atomic mass is 9.87. The molecule has 0 saturated heterocycles. The average Bonchev–Trinajstić information content (AvgIpc) is 2.36. The number of nitrogens with one attached hydrogen (secondary N) is 1. The van der Waals surface area contributed by atoms with Crippen LogP contribution in [0, 0.1) is 0 Å². The van der Waals surface area contributed by atoms with E-state index in [2.05, 4.69) is 50.4 Å². The second kappa shape index (κ2) is 7.07. The van der Waals surface area contributed by atoms with Crippen molar-refractivity contribution < 1.29 is 4.79 Å². The lowest BCUT2D eigenvalue weighted by Crippen LogP contribution is -2.16. The zero-order chi connectivity index (χ0) is 14.3. The number of hydrogen-bond donors (Lipinski definition) is 1. The van der Waals surface area contributed by atoms with Crippen molar-refractivity contribution in [2.24, 2.45) is 5.10 Å².